The quantitative estimate of drug-likeness (QED) is 0.776. The highest BCUT2D eigenvalue weighted by Crippen LogP contribution is 2.14. The Morgan fingerprint density at radius 2 is 2.12 bits per heavy atom. The molecule has 1 atom stereocenters. The Morgan fingerprint density at radius 1 is 1.56 bits per heavy atom. The number of nitrogens with zero attached hydrogens (tertiary/aromatic N) is 1. The lowest BCUT2D eigenvalue weighted by molar-refractivity contribution is -0.119. The minimum absolute atomic E-state index is 0.185. The molecule has 0 saturated heterocycles. The zero-order chi connectivity index (χ0) is 12.1. The van der Waals surface area contributed by atoms with Gasteiger partial charge in [-0.2, -0.15) is 0 Å². The molecule has 0 aliphatic heterocycles. The van der Waals surface area contributed by atoms with Crippen molar-refractivity contribution in [2.75, 3.05) is 11.9 Å². The van der Waals surface area contributed by atoms with Crippen molar-refractivity contribution in [1.82, 2.24) is 0 Å². The molecule has 0 spiro atoms. The Kier molecular flexibility index (Phi) is 4.03. The Morgan fingerprint density at radius 3 is 2.62 bits per heavy atom. The van der Waals surface area contributed by atoms with E-state index in [1.54, 1.807) is 7.05 Å². The first-order valence-corrected chi connectivity index (χ1v) is 4.78. The molecule has 1 rings (SSSR count). The lowest BCUT2D eigenvalue weighted by Crippen LogP contribution is -2.41. The van der Waals surface area contributed by atoms with E-state index < -0.39 is 6.04 Å². The maximum atomic E-state index is 12.7. The fraction of sp³-hybridized carbons (Fsp3) is 0.250. The molecule has 1 amide bonds. The summed E-state index contributed by atoms with van der Waals surface area (Å²) in [4.78, 5) is 13.1. The zero-order valence-corrected chi connectivity index (χ0v) is 8.98. The van der Waals surface area contributed by atoms with Crippen molar-refractivity contribution in [1.29, 1.82) is 0 Å². The average molecular weight is 220 g/mol. The molecule has 0 aliphatic rings. The molecule has 0 saturated carbocycles. The van der Waals surface area contributed by atoms with Crippen molar-refractivity contribution in [3.8, 4) is 12.3 Å². The van der Waals surface area contributed by atoms with Crippen molar-refractivity contribution >= 4 is 11.6 Å². The largest absolute Gasteiger partial charge is 0.319 e. The van der Waals surface area contributed by atoms with Crippen LogP contribution in [0.1, 0.15) is 6.42 Å². The second-order valence-electron chi connectivity index (χ2n) is 3.39. The van der Waals surface area contributed by atoms with E-state index >= 15 is 0 Å². The number of halogens is 1. The predicted molar refractivity (Wildman–Crippen MR) is 61.2 cm³/mol. The number of amides is 1. The number of terminal acetylenes is 1. The van der Waals surface area contributed by atoms with Crippen LogP contribution in [0.2, 0.25) is 0 Å². The van der Waals surface area contributed by atoms with Gasteiger partial charge in [0.25, 0.3) is 0 Å². The number of anilines is 1. The summed E-state index contributed by atoms with van der Waals surface area (Å²) in [6.07, 6.45) is 5.26. The van der Waals surface area contributed by atoms with Gasteiger partial charge in [-0.3, -0.25) is 4.79 Å². The third-order valence-electron chi connectivity index (χ3n) is 2.20. The highest BCUT2D eigenvalue weighted by Gasteiger charge is 2.18. The van der Waals surface area contributed by atoms with E-state index in [0.717, 1.165) is 0 Å². The minimum atomic E-state index is -0.722. The Hall–Kier alpha value is -1.86. The van der Waals surface area contributed by atoms with Gasteiger partial charge < -0.3 is 10.6 Å². The molecule has 0 heterocycles. The molecule has 0 bridgehead atoms. The number of nitrogens with two attached hydrogens (primary N) is 1. The predicted octanol–water partition coefficient (Wildman–Crippen LogP) is 1.14. The normalized spacial score (nSPS) is 11.6. The molecule has 0 aliphatic carbocycles. The van der Waals surface area contributed by atoms with Gasteiger partial charge in [0.05, 0.1) is 6.04 Å². The van der Waals surface area contributed by atoms with Gasteiger partial charge in [0.15, 0.2) is 0 Å². The average Bonchev–Trinajstić information content (AvgIpc) is 2.28. The highest BCUT2D eigenvalue weighted by atomic mass is 19.1. The molecule has 4 heteroatoms. The molecule has 1 unspecified atom stereocenters. The van der Waals surface area contributed by atoms with E-state index in [4.69, 9.17) is 12.2 Å². The van der Waals surface area contributed by atoms with E-state index in [2.05, 4.69) is 5.92 Å². The molecule has 1 aromatic rings. The lowest BCUT2D eigenvalue weighted by atomic mass is 10.2. The van der Waals surface area contributed by atoms with Crippen LogP contribution in [0, 0.1) is 18.2 Å². The summed E-state index contributed by atoms with van der Waals surface area (Å²) in [5.41, 5.74) is 6.17. The molecule has 2 N–H and O–H groups in total. The number of hydrogen-bond acceptors (Lipinski definition) is 2. The third-order valence-corrected chi connectivity index (χ3v) is 2.20. The number of carbonyl (C=O) groups is 1. The van der Waals surface area contributed by atoms with Gasteiger partial charge in [0.1, 0.15) is 5.82 Å². The fourth-order valence-corrected chi connectivity index (χ4v) is 1.25. The maximum absolute atomic E-state index is 12.7. The second-order valence-corrected chi connectivity index (χ2v) is 3.39. The molecular formula is C12H13FN2O. The summed E-state index contributed by atoms with van der Waals surface area (Å²) in [6.45, 7) is 0. The topological polar surface area (TPSA) is 46.3 Å². The van der Waals surface area contributed by atoms with E-state index in [0.29, 0.717) is 5.69 Å². The van der Waals surface area contributed by atoms with Gasteiger partial charge >= 0.3 is 0 Å². The Bertz CT molecular complexity index is 408. The Balaban J connectivity index is 2.78. The zero-order valence-electron chi connectivity index (χ0n) is 8.98. The first-order chi connectivity index (χ1) is 7.56. The van der Waals surface area contributed by atoms with Crippen LogP contribution in [0.5, 0.6) is 0 Å². The summed E-state index contributed by atoms with van der Waals surface area (Å²) in [5, 5.41) is 0. The van der Waals surface area contributed by atoms with E-state index in [1.165, 1.54) is 29.2 Å². The molecule has 1 aromatic carbocycles. The summed E-state index contributed by atoms with van der Waals surface area (Å²) < 4.78 is 12.7. The van der Waals surface area contributed by atoms with Crippen LogP contribution in [-0.4, -0.2) is 19.0 Å². The van der Waals surface area contributed by atoms with Crippen LogP contribution >= 0.6 is 0 Å². The fourth-order valence-electron chi connectivity index (χ4n) is 1.25. The number of rotatable bonds is 3. The lowest BCUT2D eigenvalue weighted by Gasteiger charge is -2.20. The number of likely N-dealkylation sites (N-methyl/N-ethyl adjacent to an activating group) is 1. The first-order valence-electron chi connectivity index (χ1n) is 4.78. The second kappa shape index (κ2) is 5.29. The van der Waals surface area contributed by atoms with E-state index in [9.17, 15) is 9.18 Å². The smallest absolute Gasteiger partial charge is 0.244 e. The summed E-state index contributed by atoms with van der Waals surface area (Å²) in [7, 11) is 1.58. The number of hydrogen-bond donors (Lipinski definition) is 1. The van der Waals surface area contributed by atoms with Crippen LogP contribution < -0.4 is 10.6 Å². The van der Waals surface area contributed by atoms with Gasteiger partial charge in [-0.15, -0.1) is 12.3 Å². The van der Waals surface area contributed by atoms with Crippen molar-refractivity contribution in [3.05, 3.63) is 30.1 Å². The van der Waals surface area contributed by atoms with Gasteiger partial charge in [0.2, 0.25) is 5.91 Å². The first kappa shape index (κ1) is 12.2. The minimum Gasteiger partial charge on any atom is -0.319 e. The standard InChI is InChI=1S/C12H13FN2O/c1-3-4-11(14)12(16)15(2)10-7-5-9(13)6-8-10/h1,5-8,11H,4,14H2,2H3. The molecule has 16 heavy (non-hydrogen) atoms. The molecule has 0 radical (unpaired) electrons. The molecule has 0 fully saturated rings. The van der Waals surface area contributed by atoms with E-state index in [1.807, 2.05) is 0 Å². The van der Waals surface area contributed by atoms with Gasteiger partial charge in [-0.05, 0) is 24.3 Å². The van der Waals surface area contributed by atoms with Gasteiger partial charge in [0, 0.05) is 19.2 Å². The molecule has 3 nitrogen and oxygen atoms in total. The SMILES string of the molecule is C#CCC(N)C(=O)N(C)c1ccc(F)cc1. The summed E-state index contributed by atoms with van der Waals surface area (Å²) >= 11 is 0. The van der Waals surface area contributed by atoms with Crippen molar-refractivity contribution in [2.45, 2.75) is 12.5 Å². The van der Waals surface area contributed by atoms with Crippen LogP contribution in [0.4, 0.5) is 10.1 Å². The highest BCUT2D eigenvalue weighted by molar-refractivity contribution is 5.96. The van der Waals surface area contributed by atoms with Gasteiger partial charge in [-0.1, -0.05) is 0 Å². The maximum Gasteiger partial charge on any atom is 0.244 e. The van der Waals surface area contributed by atoms with Crippen LogP contribution in [0.3, 0.4) is 0 Å². The Labute approximate surface area is 94.0 Å². The van der Waals surface area contributed by atoms with Crippen LogP contribution in [0.15, 0.2) is 24.3 Å². The van der Waals surface area contributed by atoms with Crippen LogP contribution in [-0.2, 0) is 4.79 Å². The van der Waals surface area contributed by atoms with Crippen molar-refractivity contribution in [2.24, 2.45) is 5.73 Å². The van der Waals surface area contributed by atoms with Crippen LogP contribution in [0.25, 0.3) is 0 Å². The summed E-state index contributed by atoms with van der Waals surface area (Å²) in [5.74, 6) is 1.69. The molecule has 0 aromatic heterocycles. The number of benzene rings is 1. The third kappa shape index (κ3) is 2.81. The molecular weight excluding hydrogens is 207 g/mol. The summed E-state index contributed by atoms with van der Waals surface area (Å²) in [6, 6.07) is 4.86. The molecule has 84 valence electrons. The number of carbonyl (C=O) groups excluding carboxylic acids is 1. The van der Waals surface area contributed by atoms with Crippen molar-refractivity contribution in [3.63, 3.8) is 0 Å². The van der Waals surface area contributed by atoms with Crippen molar-refractivity contribution < 1.29 is 9.18 Å². The van der Waals surface area contributed by atoms with E-state index in [-0.39, 0.29) is 18.1 Å². The monoisotopic (exact) mass is 220 g/mol. The van der Waals surface area contributed by atoms with Gasteiger partial charge in [-0.25, -0.2) is 4.39 Å².